The molecular weight excluding hydrogens is 430 g/mol. The first-order chi connectivity index (χ1) is 15.6. The molecule has 1 aliphatic rings. The van der Waals surface area contributed by atoms with Crippen molar-refractivity contribution in [2.24, 2.45) is 0 Å². The van der Waals surface area contributed by atoms with E-state index in [4.69, 9.17) is 0 Å². The number of carbonyl (C=O) groups excluding carboxylic acids is 2. The molecule has 4 nitrogen and oxygen atoms in total. The number of thiophene rings is 1. The smallest absolute Gasteiger partial charge is 0.290 e. The van der Waals surface area contributed by atoms with Crippen molar-refractivity contribution in [2.75, 3.05) is 0 Å². The number of aliphatic hydroxyl groups is 1. The lowest BCUT2D eigenvalue weighted by Gasteiger charge is -2.28. The van der Waals surface area contributed by atoms with Crippen molar-refractivity contribution in [3.05, 3.63) is 104 Å². The van der Waals surface area contributed by atoms with Gasteiger partial charge in [0.15, 0.2) is 5.76 Å². The van der Waals surface area contributed by atoms with Crippen LogP contribution < -0.4 is 0 Å². The van der Waals surface area contributed by atoms with Gasteiger partial charge in [-0.3, -0.25) is 9.59 Å². The number of hydrogen-bond acceptors (Lipinski definition) is 4. The van der Waals surface area contributed by atoms with Crippen LogP contribution in [0.3, 0.4) is 0 Å². The zero-order valence-corrected chi connectivity index (χ0v) is 20.5. The molecule has 5 heteroatoms. The number of ketones is 1. The minimum Gasteiger partial charge on any atom is -0.503 e. The zero-order valence-electron chi connectivity index (χ0n) is 19.7. The molecule has 3 aromatic rings. The number of hydrogen-bond donors (Lipinski definition) is 1. The van der Waals surface area contributed by atoms with Crippen LogP contribution in [-0.4, -0.2) is 21.7 Å². The molecule has 1 aromatic heterocycles. The second-order valence-electron chi connectivity index (χ2n) is 9.71. The van der Waals surface area contributed by atoms with Crippen molar-refractivity contribution < 1.29 is 14.7 Å². The summed E-state index contributed by atoms with van der Waals surface area (Å²) in [5.74, 6) is -1.27. The van der Waals surface area contributed by atoms with E-state index in [2.05, 4.69) is 26.8 Å². The first kappa shape index (κ1) is 23.0. The maximum atomic E-state index is 13.4. The van der Waals surface area contributed by atoms with Crippen LogP contribution in [0.2, 0.25) is 0 Å². The molecule has 0 saturated heterocycles. The van der Waals surface area contributed by atoms with E-state index in [-0.39, 0.29) is 16.8 Å². The molecule has 33 heavy (non-hydrogen) atoms. The number of amides is 1. The van der Waals surface area contributed by atoms with Crippen molar-refractivity contribution in [3.8, 4) is 0 Å². The summed E-state index contributed by atoms with van der Waals surface area (Å²) in [5, 5.41) is 12.7. The third-order valence-electron chi connectivity index (χ3n) is 6.23. The third-order valence-corrected chi connectivity index (χ3v) is 7.10. The minimum absolute atomic E-state index is 0.0179. The van der Waals surface area contributed by atoms with Gasteiger partial charge >= 0.3 is 0 Å². The van der Waals surface area contributed by atoms with E-state index < -0.39 is 17.7 Å². The summed E-state index contributed by atoms with van der Waals surface area (Å²) in [7, 11) is 0. The molecular formula is C28H29NO3S. The predicted molar refractivity (Wildman–Crippen MR) is 133 cm³/mol. The number of aryl methyl sites for hydroxylation is 2. The number of rotatable bonds is 5. The zero-order chi connectivity index (χ0) is 23.9. The van der Waals surface area contributed by atoms with Gasteiger partial charge in [0.25, 0.3) is 5.91 Å². The van der Waals surface area contributed by atoms with Crippen LogP contribution >= 0.6 is 11.3 Å². The van der Waals surface area contributed by atoms with Gasteiger partial charge in [-0.1, -0.05) is 74.9 Å². The Morgan fingerprint density at radius 3 is 2.36 bits per heavy atom. The van der Waals surface area contributed by atoms with Crippen LogP contribution in [0, 0.1) is 13.8 Å². The first-order valence-electron chi connectivity index (χ1n) is 11.1. The Labute approximate surface area is 199 Å². The van der Waals surface area contributed by atoms with Gasteiger partial charge in [0, 0.05) is 6.54 Å². The fourth-order valence-corrected chi connectivity index (χ4v) is 4.93. The molecule has 2 aromatic carbocycles. The van der Waals surface area contributed by atoms with E-state index in [0.717, 1.165) is 27.8 Å². The normalized spacial score (nSPS) is 16.6. The minimum atomic E-state index is -0.652. The average molecular weight is 460 g/mol. The molecule has 1 atom stereocenters. The highest BCUT2D eigenvalue weighted by molar-refractivity contribution is 7.12. The lowest BCUT2D eigenvalue weighted by Crippen LogP contribution is -2.31. The highest BCUT2D eigenvalue weighted by Gasteiger charge is 2.44. The Bertz CT molecular complexity index is 1230. The van der Waals surface area contributed by atoms with Crippen LogP contribution in [0.25, 0.3) is 0 Å². The van der Waals surface area contributed by atoms with Gasteiger partial charge in [-0.05, 0) is 53.0 Å². The summed E-state index contributed by atoms with van der Waals surface area (Å²) >= 11 is 1.31. The molecule has 0 radical (unpaired) electrons. The van der Waals surface area contributed by atoms with E-state index in [1.165, 1.54) is 11.3 Å². The second-order valence-corrected chi connectivity index (χ2v) is 10.7. The highest BCUT2D eigenvalue weighted by Crippen LogP contribution is 2.41. The topological polar surface area (TPSA) is 57.6 Å². The number of nitrogens with zero attached hydrogens (tertiary/aromatic N) is 1. The largest absolute Gasteiger partial charge is 0.503 e. The second kappa shape index (κ2) is 8.64. The highest BCUT2D eigenvalue weighted by atomic mass is 32.1. The lowest BCUT2D eigenvalue weighted by molar-refractivity contribution is -0.130. The van der Waals surface area contributed by atoms with Crippen LogP contribution in [0.4, 0.5) is 0 Å². The Hall–Kier alpha value is -3.18. The monoisotopic (exact) mass is 459 g/mol. The van der Waals surface area contributed by atoms with Gasteiger partial charge in [0.05, 0.1) is 16.5 Å². The summed E-state index contributed by atoms with van der Waals surface area (Å²) < 4.78 is 0. The van der Waals surface area contributed by atoms with Crippen LogP contribution in [-0.2, 0) is 16.8 Å². The Kier molecular flexibility index (Phi) is 6.02. The molecule has 4 rings (SSSR count). The van der Waals surface area contributed by atoms with Crippen molar-refractivity contribution in [1.82, 2.24) is 4.90 Å². The predicted octanol–water partition coefficient (Wildman–Crippen LogP) is 6.44. The lowest BCUT2D eigenvalue weighted by atomic mass is 9.85. The number of benzene rings is 2. The van der Waals surface area contributed by atoms with E-state index in [9.17, 15) is 14.7 Å². The number of aliphatic hydroxyl groups excluding tert-OH is 1. The summed E-state index contributed by atoms with van der Waals surface area (Å²) in [6.07, 6.45) is 0. The molecule has 0 spiro atoms. The molecule has 1 unspecified atom stereocenters. The van der Waals surface area contributed by atoms with Crippen molar-refractivity contribution in [1.29, 1.82) is 0 Å². The van der Waals surface area contributed by atoms with E-state index in [0.29, 0.717) is 11.4 Å². The summed E-state index contributed by atoms with van der Waals surface area (Å²) in [6.45, 7) is 10.8. The van der Waals surface area contributed by atoms with Gasteiger partial charge in [0.1, 0.15) is 0 Å². The van der Waals surface area contributed by atoms with E-state index in [1.807, 2.05) is 55.6 Å². The number of carbonyl (C=O) groups is 2. The standard InChI is InChI=1S/C28H29NO3S/c1-17-8-9-18(2)20(15-17)16-29-24(19-10-12-21(13-11-19)28(3,4)5)23(26(31)27(29)32)25(30)22-7-6-14-33-22/h6-15,24,31H,16H2,1-5H3. The SMILES string of the molecule is Cc1ccc(C)c(CN2C(=O)C(O)=C(C(=O)c3cccs3)C2c2ccc(C(C)(C)C)cc2)c1. The molecule has 0 saturated carbocycles. The van der Waals surface area contributed by atoms with Gasteiger partial charge < -0.3 is 10.0 Å². The maximum Gasteiger partial charge on any atom is 0.290 e. The van der Waals surface area contributed by atoms with Crippen LogP contribution in [0.1, 0.15) is 64.3 Å². The van der Waals surface area contributed by atoms with Crippen molar-refractivity contribution in [2.45, 2.75) is 52.6 Å². The number of Topliss-reactive ketones (excluding diaryl/α,β-unsaturated/α-hetero) is 1. The fraction of sp³-hybridized carbons (Fsp3) is 0.286. The van der Waals surface area contributed by atoms with Crippen LogP contribution in [0.5, 0.6) is 0 Å². The van der Waals surface area contributed by atoms with Gasteiger partial charge in [-0.2, -0.15) is 0 Å². The summed E-state index contributed by atoms with van der Waals surface area (Å²) in [6, 6.07) is 17.0. The molecule has 170 valence electrons. The van der Waals surface area contributed by atoms with Gasteiger partial charge in [-0.25, -0.2) is 0 Å². The maximum absolute atomic E-state index is 13.4. The fourth-order valence-electron chi connectivity index (χ4n) is 4.26. The molecule has 0 fully saturated rings. The molecule has 1 amide bonds. The molecule has 0 bridgehead atoms. The Morgan fingerprint density at radius 2 is 1.76 bits per heavy atom. The summed E-state index contributed by atoms with van der Waals surface area (Å²) in [5.41, 5.74) is 5.26. The van der Waals surface area contributed by atoms with Gasteiger partial charge in [-0.15, -0.1) is 11.3 Å². The van der Waals surface area contributed by atoms with Crippen LogP contribution in [0.15, 0.2) is 71.3 Å². The van der Waals surface area contributed by atoms with E-state index >= 15 is 0 Å². The van der Waals surface area contributed by atoms with Crippen molar-refractivity contribution in [3.63, 3.8) is 0 Å². The Morgan fingerprint density at radius 1 is 1.06 bits per heavy atom. The summed E-state index contributed by atoms with van der Waals surface area (Å²) in [4.78, 5) is 28.8. The van der Waals surface area contributed by atoms with E-state index in [1.54, 1.807) is 17.0 Å². The molecule has 0 aliphatic carbocycles. The molecule has 1 N–H and O–H groups in total. The first-order valence-corrected chi connectivity index (χ1v) is 11.9. The van der Waals surface area contributed by atoms with Gasteiger partial charge in [0.2, 0.25) is 5.78 Å². The molecule has 1 aliphatic heterocycles. The molecule has 2 heterocycles. The Balaban J connectivity index is 1.81. The third kappa shape index (κ3) is 4.38. The van der Waals surface area contributed by atoms with Crippen molar-refractivity contribution >= 4 is 23.0 Å². The average Bonchev–Trinajstić information content (AvgIpc) is 3.39. The quantitative estimate of drug-likeness (QED) is 0.447.